The molecule has 2 aromatic carbocycles. The molecule has 4 aromatic rings. The number of aromatic nitrogens is 3. The van der Waals surface area contributed by atoms with E-state index in [0.29, 0.717) is 21.5 Å². The van der Waals surface area contributed by atoms with E-state index in [1.165, 1.54) is 29.2 Å². The van der Waals surface area contributed by atoms with Crippen LogP contribution in [0.1, 0.15) is 11.1 Å². The van der Waals surface area contributed by atoms with E-state index in [2.05, 4.69) is 10.2 Å². The molecule has 0 aliphatic rings. The lowest BCUT2D eigenvalue weighted by atomic mass is 10.1. The molecule has 2 aromatic heterocycles. The fourth-order valence-electron chi connectivity index (χ4n) is 2.60. The standard InChI is InChI=1S/C18H12Cl2FN3S2/c1-10-7-11(5-6-13(10)19)16-9-26-18-23-22-17(24(16)18)25-8-12-14(20)3-2-4-15(12)21/h2-7,9H,8H2,1H3. The lowest BCUT2D eigenvalue weighted by Crippen LogP contribution is -1.93. The van der Waals surface area contributed by atoms with Crippen LogP contribution in [0.4, 0.5) is 4.39 Å². The molecule has 0 aliphatic carbocycles. The molecule has 26 heavy (non-hydrogen) atoms. The first-order valence-corrected chi connectivity index (χ1v) is 10.3. The zero-order valence-electron chi connectivity index (χ0n) is 13.5. The lowest BCUT2D eigenvalue weighted by Gasteiger charge is -2.07. The van der Waals surface area contributed by atoms with Crippen molar-refractivity contribution in [2.45, 2.75) is 17.8 Å². The van der Waals surface area contributed by atoms with Crippen molar-refractivity contribution in [3.63, 3.8) is 0 Å². The second kappa shape index (κ2) is 7.19. The Labute approximate surface area is 167 Å². The topological polar surface area (TPSA) is 30.2 Å². The summed E-state index contributed by atoms with van der Waals surface area (Å²) in [5, 5.41) is 12.3. The molecule has 0 atom stereocenters. The number of benzene rings is 2. The summed E-state index contributed by atoms with van der Waals surface area (Å²) in [6.45, 7) is 1.97. The average Bonchev–Trinajstić information content (AvgIpc) is 3.20. The van der Waals surface area contributed by atoms with Crippen LogP contribution >= 0.6 is 46.3 Å². The Morgan fingerprint density at radius 2 is 2.00 bits per heavy atom. The molecule has 0 saturated carbocycles. The molecule has 3 nitrogen and oxygen atoms in total. The van der Waals surface area contributed by atoms with E-state index in [-0.39, 0.29) is 5.82 Å². The quantitative estimate of drug-likeness (QED) is 0.350. The van der Waals surface area contributed by atoms with Gasteiger partial charge in [0.1, 0.15) is 5.82 Å². The molecule has 2 heterocycles. The predicted molar refractivity (Wildman–Crippen MR) is 107 cm³/mol. The van der Waals surface area contributed by atoms with Crippen molar-refractivity contribution in [2.24, 2.45) is 0 Å². The van der Waals surface area contributed by atoms with E-state index in [9.17, 15) is 4.39 Å². The van der Waals surface area contributed by atoms with Crippen LogP contribution in [-0.4, -0.2) is 14.6 Å². The highest BCUT2D eigenvalue weighted by Gasteiger charge is 2.16. The zero-order valence-corrected chi connectivity index (χ0v) is 16.7. The molecule has 0 bridgehead atoms. The van der Waals surface area contributed by atoms with E-state index < -0.39 is 0 Å². The maximum absolute atomic E-state index is 14.0. The normalized spacial score (nSPS) is 11.4. The minimum atomic E-state index is -0.315. The van der Waals surface area contributed by atoms with Gasteiger partial charge in [0.25, 0.3) is 0 Å². The Hall–Kier alpha value is -1.60. The monoisotopic (exact) mass is 423 g/mol. The summed E-state index contributed by atoms with van der Waals surface area (Å²) in [5.74, 6) is 0.0611. The van der Waals surface area contributed by atoms with Crippen molar-refractivity contribution in [3.05, 3.63) is 68.8 Å². The predicted octanol–water partition coefficient (Wildman–Crippen LogP) is 6.50. The number of hydrogen-bond donors (Lipinski definition) is 0. The van der Waals surface area contributed by atoms with Crippen molar-refractivity contribution < 1.29 is 4.39 Å². The van der Waals surface area contributed by atoms with Gasteiger partial charge < -0.3 is 0 Å². The number of fused-ring (bicyclic) bond motifs is 1. The van der Waals surface area contributed by atoms with Gasteiger partial charge in [-0.05, 0) is 42.3 Å². The summed E-state index contributed by atoms with van der Waals surface area (Å²) in [5.41, 5.74) is 3.49. The molecule has 0 unspecified atom stereocenters. The Kier molecular flexibility index (Phi) is 4.92. The number of hydrogen-bond acceptors (Lipinski definition) is 4. The van der Waals surface area contributed by atoms with Gasteiger partial charge in [-0.1, -0.05) is 47.1 Å². The molecule has 132 valence electrons. The van der Waals surface area contributed by atoms with Crippen LogP contribution in [0.15, 0.2) is 46.9 Å². The van der Waals surface area contributed by atoms with Gasteiger partial charge >= 0.3 is 0 Å². The number of thiazole rings is 1. The van der Waals surface area contributed by atoms with Crippen LogP contribution in [0.5, 0.6) is 0 Å². The van der Waals surface area contributed by atoms with E-state index in [1.807, 2.05) is 34.9 Å². The molecule has 0 fully saturated rings. The van der Waals surface area contributed by atoms with Gasteiger partial charge in [0.2, 0.25) is 4.96 Å². The Balaban J connectivity index is 1.71. The van der Waals surface area contributed by atoms with Gasteiger partial charge in [0, 0.05) is 26.7 Å². The molecule has 0 amide bonds. The minimum Gasteiger partial charge on any atom is -0.260 e. The number of thioether (sulfide) groups is 1. The van der Waals surface area contributed by atoms with E-state index in [4.69, 9.17) is 23.2 Å². The third-order valence-electron chi connectivity index (χ3n) is 3.98. The number of halogens is 3. The second-order valence-corrected chi connectivity index (χ2v) is 8.27. The largest absolute Gasteiger partial charge is 0.260 e. The summed E-state index contributed by atoms with van der Waals surface area (Å²) >= 11 is 15.2. The van der Waals surface area contributed by atoms with Crippen LogP contribution < -0.4 is 0 Å². The first kappa shape index (κ1) is 17.8. The molecule has 0 N–H and O–H groups in total. The summed E-state index contributed by atoms with van der Waals surface area (Å²) in [6, 6.07) is 10.6. The maximum atomic E-state index is 14.0. The molecule has 0 spiro atoms. The fraction of sp³-hybridized carbons (Fsp3) is 0.111. The lowest BCUT2D eigenvalue weighted by molar-refractivity contribution is 0.617. The highest BCUT2D eigenvalue weighted by atomic mass is 35.5. The highest BCUT2D eigenvalue weighted by Crippen LogP contribution is 2.33. The summed E-state index contributed by atoms with van der Waals surface area (Å²) in [7, 11) is 0. The van der Waals surface area contributed by atoms with Crippen molar-refractivity contribution in [2.75, 3.05) is 0 Å². The summed E-state index contributed by atoms with van der Waals surface area (Å²) in [6.07, 6.45) is 0. The summed E-state index contributed by atoms with van der Waals surface area (Å²) < 4.78 is 16.0. The number of nitrogens with zero attached hydrogens (tertiary/aromatic N) is 3. The Morgan fingerprint density at radius 3 is 2.77 bits per heavy atom. The highest BCUT2D eigenvalue weighted by molar-refractivity contribution is 7.98. The van der Waals surface area contributed by atoms with Crippen molar-refractivity contribution >= 4 is 51.3 Å². The van der Waals surface area contributed by atoms with Crippen molar-refractivity contribution in [3.8, 4) is 11.3 Å². The maximum Gasteiger partial charge on any atom is 0.217 e. The molecule has 8 heteroatoms. The van der Waals surface area contributed by atoms with Crippen molar-refractivity contribution in [1.29, 1.82) is 0 Å². The first-order chi connectivity index (χ1) is 12.5. The molecule has 0 saturated heterocycles. The molecular formula is C18H12Cl2FN3S2. The van der Waals surface area contributed by atoms with Crippen LogP contribution in [0.2, 0.25) is 10.0 Å². The third kappa shape index (κ3) is 3.22. The number of rotatable bonds is 4. The van der Waals surface area contributed by atoms with Crippen LogP contribution in [0.25, 0.3) is 16.2 Å². The third-order valence-corrected chi connectivity index (χ3v) is 6.53. The van der Waals surface area contributed by atoms with E-state index in [0.717, 1.165) is 26.8 Å². The second-order valence-electron chi connectivity index (χ2n) is 5.67. The zero-order chi connectivity index (χ0) is 18.3. The minimum absolute atomic E-state index is 0.315. The Bertz CT molecular complexity index is 1090. The molecule has 0 radical (unpaired) electrons. The van der Waals surface area contributed by atoms with Gasteiger partial charge in [-0.3, -0.25) is 4.40 Å². The van der Waals surface area contributed by atoms with Crippen LogP contribution in [0.3, 0.4) is 0 Å². The van der Waals surface area contributed by atoms with Gasteiger partial charge in [-0.15, -0.1) is 21.5 Å². The molecular weight excluding hydrogens is 412 g/mol. The molecule has 4 rings (SSSR count). The van der Waals surface area contributed by atoms with Crippen molar-refractivity contribution in [1.82, 2.24) is 14.6 Å². The smallest absolute Gasteiger partial charge is 0.217 e. The molecule has 0 aliphatic heterocycles. The first-order valence-electron chi connectivity index (χ1n) is 7.69. The van der Waals surface area contributed by atoms with Gasteiger partial charge in [0.05, 0.1) is 5.69 Å². The SMILES string of the molecule is Cc1cc(-c2csc3nnc(SCc4c(F)cccc4Cl)n23)ccc1Cl. The average molecular weight is 424 g/mol. The van der Waals surface area contributed by atoms with Gasteiger partial charge in [0.15, 0.2) is 5.16 Å². The fourth-order valence-corrected chi connectivity index (χ4v) is 4.90. The van der Waals surface area contributed by atoms with Gasteiger partial charge in [-0.2, -0.15) is 0 Å². The van der Waals surface area contributed by atoms with Crippen LogP contribution in [0, 0.1) is 12.7 Å². The van der Waals surface area contributed by atoms with Gasteiger partial charge in [-0.25, -0.2) is 4.39 Å². The summed E-state index contributed by atoms with van der Waals surface area (Å²) in [4.78, 5) is 0.787. The number of aryl methyl sites for hydroxylation is 1. The van der Waals surface area contributed by atoms with E-state index in [1.54, 1.807) is 12.1 Å². The van der Waals surface area contributed by atoms with E-state index >= 15 is 0 Å². The van der Waals surface area contributed by atoms with Crippen LogP contribution in [-0.2, 0) is 5.75 Å². The Morgan fingerprint density at radius 1 is 1.15 bits per heavy atom.